The van der Waals surface area contributed by atoms with Crippen molar-refractivity contribution in [2.24, 2.45) is 5.41 Å². The Morgan fingerprint density at radius 2 is 1.90 bits per heavy atom. The zero-order valence-electron chi connectivity index (χ0n) is 27.9. The molecule has 5 aliphatic rings. The van der Waals surface area contributed by atoms with Gasteiger partial charge in [-0.15, -0.1) is 6.42 Å². The van der Waals surface area contributed by atoms with E-state index in [4.69, 9.17) is 32.5 Å². The third kappa shape index (κ3) is 5.63. The van der Waals surface area contributed by atoms with Gasteiger partial charge in [0.1, 0.15) is 22.9 Å². The van der Waals surface area contributed by atoms with Crippen molar-refractivity contribution >= 4 is 39.1 Å². The molecule has 1 aromatic heterocycles. The zero-order chi connectivity index (χ0) is 34.2. The molecule has 11 heteroatoms. The number of ether oxygens (including phenoxy) is 2. The Bertz CT molecular complexity index is 2050. The van der Waals surface area contributed by atoms with Crippen LogP contribution >= 0.6 is 11.6 Å². The highest BCUT2D eigenvalue weighted by atomic mass is 35.5. The first-order chi connectivity index (χ1) is 24.2. The number of fused-ring (bicyclic) bond motifs is 4. The molecule has 260 valence electrons. The van der Waals surface area contributed by atoms with Crippen molar-refractivity contribution in [3.63, 3.8) is 0 Å². The molecule has 1 saturated carbocycles. The molecule has 5 heterocycles. The lowest BCUT2D eigenvalue weighted by atomic mass is 9.93. The van der Waals surface area contributed by atoms with Gasteiger partial charge in [-0.1, -0.05) is 23.6 Å². The van der Waals surface area contributed by atoms with Gasteiger partial charge >= 0.3 is 6.01 Å². The number of benzene rings is 3. The van der Waals surface area contributed by atoms with E-state index >= 15 is 4.39 Å². The van der Waals surface area contributed by atoms with Crippen molar-refractivity contribution in [1.82, 2.24) is 20.2 Å². The monoisotopic (exact) mass is 699 g/mol. The molecule has 3 unspecified atom stereocenters. The number of hydrogen-bond donors (Lipinski definition) is 2. The van der Waals surface area contributed by atoms with E-state index in [9.17, 15) is 9.50 Å². The normalized spacial score (nSPS) is 25.8. The molecule has 9 rings (SSSR count). The molecule has 4 saturated heterocycles. The van der Waals surface area contributed by atoms with Crippen molar-refractivity contribution < 1.29 is 23.4 Å². The van der Waals surface area contributed by atoms with Crippen LogP contribution in [0.5, 0.6) is 11.8 Å². The summed E-state index contributed by atoms with van der Waals surface area (Å²) in [6, 6.07) is 7.98. The Balaban J connectivity index is 1.10. The molecule has 4 aromatic rings. The Hall–Kier alpha value is -3.75. The highest BCUT2D eigenvalue weighted by Gasteiger charge is 2.49. The number of phenols is 1. The van der Waals surface area contributed by atoms with Crippen LogP contribution in [0.25, 0.3) is 32.8 Å². The smallest absolute Gasteiger partial charge is 0.319 e. The SMILES string of the molecule is C#Cc1c(F)ccc2cc(O)cc(-c3c(Cl)cc4c(N5CC6CCC(C5)N6)nc(OCC5(CN6CCC7(CCCCO7)C6)CC5)nc4c3F)c12. The highest BCUT2D eigenvalue weighted by Crippen LogP contribution is 2.49. The molecule has 5 fully saturated rings. The van der Waals surface area contributed by atoms with E-state index in [-0.39, 0.29) is 55.4 Å². The van der Waals surface area contributed by atoms with Gasteiger partial charge in [-0.25, -0.2) is 8.78 Å². The number of aromatic nitrogens is 2. The second-order valence-corrected chi connectivity index (χ2v) is 15.6. The van der Waals surface area contributed by atoms with Crippen LogP contribution in [0.4, 0.5) is 14.6 Å². The van der Waals surface area contributed by atoms with Crippen molar-refractivity contribution in [2.75, 3.05) is 50.8 Å². The van der Waals surface area contributed by atoms with Gasteiger partial charge in [-0.05, 0) is 86.6 Å². The van der Waals surface area contributed by atoms with Gasteiger partial charge < -0.3 is 24.8 Å². The third-order valence-corrected chi connectivity index (χ3v) is 12.0. The van der Waals surface area contributed by atoms with Gasteiger partial charge in [0.15, 0.2) is 5.82 Å². The third-order valence-electron chi connectivity index (χ3n) is 11.7. The van der Waals surface area contributed by atoms with E-state index in [0.717, 1.165) is 71.2 Å². The fourth-order valence-corrected chi connectivity index (χ4v) is 9.25. The molecule has 3 aromatic carbocycles. The largest absolute Gasteiger partial charge is 0.508 e. The lowest BCUT2D eigenvalue weighted by molar-refractivity contribution is -0.0704. The van der Waals surface area contributed by atoms with E-state index in [0.29, 0.717) is 48.4 Å². The minimum absolute atomic E-state index is 0.00160. The highest BCUT2D eigenvalue weighted by molar-refractivity contribution is 6.35. The number of nitrogens with zero attached hydrogens (tertiary/aromatic N) is 4. The number of anilines is 1. The van der Waals surface area contributed by atoms with Crippen LogP contribution in [0, 0.1) is 29.4 Å². The molecule has 0 radical (unpaired) electrons. The fraction of sp³-hybridized carbons (Fsp3) is 0.487. The summed E-state index contributed by atoms with van der Waals surface area (Å²) in [6.07, 6.45) is 14.5. The van der Waals surface area contributed by atoms with Crippen LogP contribution in [0.15, 0.2) is 30.3 Å². The Kier molecular flexibility index (Phi) is 7.85. The molecule has 1 aliphatic carbocycles. The molecular formula is C39H40ClF2N5O3. The maximum atomic E-state index is 17.1. The summed E-state index contributed by atoms with van der Waals surface area (Å²) in [5, 5.41) is 15.6. The first-order valence-electron chi connectivity index (χ1n) is 17.8. The average molecular weight is 700 g/mol. The Morgan fingerprint density at radius 1 is 1.08 bits per heavy atom. The molecule has 8 nitrogen and oxygen atoms in total. The van der Waals surface area contributed by atoms with Crippen molar-refractivity contribution in [3.8, 4) is 35.2 Å². The second-order valence-electron chi connectivity index (χ2n) is 15.2. The number of terminal acetylenes is 1. The predicted molar refractivity (Wildman–Crippen MR) is 190 cm³/mol. The molecule has 2 bridgehead atoms. The Morgan fingerprint density at radius 3 is 2.64 bits per heavy atom. The average Bonchev–Trinajstić information content (AvgIpc) is 3.65. The molecule has 2 N–H and O–H groups in total. The van der Waals surface area contributed by atoms with Crippen LogP contribution in [0.1, 0.15) is 56.9 Å². The zero-order valence-corrected chi connectivity index (χ0v) is 28.7. The number of rotatable bonds is 7. The summed E-state index contributed by atoms with van der Waals surface area (Å²) in [6.45, 7) is 5.62. The summed E-state index contributed by atoms with van der Waals surface area (Å²) in [5.74, 6) is 1.52. The van der Waals surface area contributed by atoms with Gasteiger partial charge in [0.2, 0.25) is 0 Å². The molecular weight excluding hydrogens is 660 g/mol. The summed E-state index contributed by atoms with van der Waals surface area (Å²) in [7, 11) is 0. The molecule has 1 spiro atoms. The number of nitrogens with one attached hydrogen (secondary N) is 1. The van der Waals surface area contributed by atoms with E-state index in [1.54, 1.807) is 6.07 Å². The van der Waals surface area contributed by atoms with Gasteiger partial charge in [0, 0.05) is 73.2 Å². The van der Waals surface area contributed by atoms with Gasteiger partial charge in [-0.2, -0.15) is 9.97 Å². The molecule has 0 amide bonds. The first kappa shape index (κ1) is 32.2. The number of halogens is 3. The van der Waals surface area contributed by atoms with Crippen molar-refractivity contribution in [3.05, 3.63) is 52.6 Å². The minimum Gasteiger partial charge on any atom is -0.508 e. The number of hydrogen-bond acceptors (Lipinski definition) is 8. The summed E-state index contributed by atoms with van der Waals surface area (Å²) in [4.78, 5) is 14.3. The van der Waals surface area contributed by atoms with E-state index in [1.807, 2.05) is 0 Å². The number of piperazine rings is 1. The lowest BCUT2D eigenvalue weighted by Gasteiger charge is -2.34. The molecule has 50 heavy (non-hydrogen) atoms. The van der Waals surface area contributed by atoms with Gasteiger partial charge in [-0.3, -0.25) is 4.90 Å². The van der Waals surface area contributed by atoms with Crippen molar-refractivity contribution in [1.29, 1.82) is 0 Å². The van der Waals surface area contributed by atoms with Gasteiger partial charge in [0.25, 0.3) is 0 Å². The standard InChI is InChI=1S/C39H40ClF2N5O3/c1-2-27-31(41)8-5-23-15-26(48)16-28(32(23)27)33-30(40)17-29-35(34(33)42)44-37(45-36(29)47-18-24-6-7-25(19-47)43-24)49-22-38(10-11-38)20-46-13-12-39(21-46)9-3-4-14-50-39/h1,5,8,15-17,24-25,43,48H,3-4,6-7,9-14,18-22H2. The van der Waals surface area contributed by atoms with Crippen LogP contribution < -0.4 is 15.0 Å². The van der Waals surface area contributed by atoms with Crippen LogP contribution in [-0.4, -0.2) is 83.6 Å². The maximum absolute atomic E-state index is 17.1. The van der Waals surface area contributed by atoms with Crippen LogP contribution in [-0.2, 0) is 4.74 Å². The number of likely N-dealkylation sites (tertiary alicyclic amines) is 1. The predicted octanol–water partition coefficient (Wildman–Crippen LogP) is 6.81. The van der Waals surface area contributed by atoms with Crippen LogP contribution in [0.2, 0.25) is 5.02 Å². The van der Waals surface area contributed by atoms with Gasteiger partial charge in [0.05, 0.1) is 22.8 Å². The summed E-state index contributed by atoms with van der Waals surface area (Å²) in [5.41, 5.74) is 0.161. The second kappa shape index (κ2) is 12.2. The summed E-state index contributed by atoms with van der Waals surface area (Å²) >= 11 is 6.92. The fourth-order valence-electron chi connectivity index (χ4n) is 8.96. The minimum atomic E-state index is -0.714. The van der Waals surface area contributed by atoms with Crippen LogP contribution in [0.3, 0.4) is 0 Å². The lowest BCUT2D eigenvalue weighted by Crippen LogP contribution is -2.51. The van der Waals surface area contributed by atoms with E-state index in [2.05, 4.69) is 26.0 Å². The number of aromatic hydroxyl groups is 1. The Labute approximate surface area is 295 Å². The molecule has 4 aliphatic heterocycles. The molecule has 3 atom stereocenters. The van der Waals surface area contributed by atoms with E-state index < -0.39 is 11.6 Å². The quantitative estimate of drug-likeness (QED) is 0.204. The van der Waals surface area contributed by atoms with E-state index in [1.165, 1.54) is 30.7 Å². The van der Waals surface area contributed by atoms with Crippen molar-refractivity contribution in [2.45, 2.75) is 69.1 Å². The number of phenolic OH excluding ortho intramolecular Hbond substituents is 1. The summed E-state index contributed by atoms with van der Waals surface area (Å²) < 4.78 is 44.8. The maximum Gasteiger partial charge on any atom is 0.319 e. The first-order valence-corrected chi connectivity index (χ1v) is 18.2. The topological polar surface area (TPSA) is 83.0 Å².